The number of aryl methyl sites for hydroxylation is 1. The second-order valence-corrected chi connectivity index (χ2v) is 5.74. The number of halogens is 4. The second-order valence-electron chi connectivity index (χ2n) is 4.89. The van der Waals surface area contributed by atoms with Gasteiger partial charge in [-0.2, -0.15) is 13.2 Å². The molecule has 2 aromatic carbocycles. The summed E-state index contributed by atoms with van der Waals surface area (Å²) >= 11 is 3.43. The first-order valence-corrected chi connectivity index (χ1v) is 7.27. The monoisotopic (exact) mass is 357 g/mol. The normalized spacial score (nSPS) is 11.7. The maximum atomic E-state index is 12.6. The Morgan fingerprint density at radius 2 is 1.67 bits per heavy atom. The van der Waals surface area contributed by atoms with Crippen LogP contribution in [0.4, 0.5) is 13.2 Å². The molecule has 0 saturated carbocycles. The van der Waals surface area contributed by atoms with Gasteiger partial charge in [0.25, 0.3) is 0 Å². The fourth-order valence-electron chi connectivity index (χ4n) is 2.03. The summed E-state index contributed by atoms with van der Waals surface area (Å²) < 4.78 is 38.9. The van der Waals surface area contributed by atoms with Crippen molar-refractivity contribution in [2.24, 2.45) is 0 Å². The lowest BCUT2D eigenvalue weighted by molar-refractivity contribution is -0.137. The largest absolute Gasteiger partial charge is 0.416 e. The Balaban J connectivity index is 1.96. The highest BCUT2D eigenvalue weighted by Gasteiger charge is 2.30. The van der Waals surface area contributed by atoms with Crippen molar-refractivity contribution in [3.8, 4) is 0 Å². The Hall–Kier alpha value is -1.33. The van der Waals surface area contributed by atoms with Gasteiger partial charge in [-0.3, -0.25) is 0 Å². The third-order valence-corrected chi connectivity index (χ3v) is 4.02. The van der Waals surface area contributed by atoms with E-state index in [2.05, 4.69) is 21.2 Å². The topological polar surface area (TPSA) is 12.0 Å². The van der Waals surface area contributed by atoms with Crippen molar-refractivity contribution in [3.05, 3.63) is 69.2 Å². The molecule has 0 aliphatic heterocycles. The van der Waals surface area contributed by atoms with Crippen LogP contribution in [0, 0.1) is 6.92 Å². The highest BCUT2D eigenvalue weighted by Crippen LogP contribution is 2.29. The summed E-state index contributed by atoms with van der Waals surface area (Å²) in [4.78, 5) is 0. The standard InChI is InChI=1S/C16H15BrF3N/c1-11-7-13(5-6-15(11)17)10-21-9-12-3-2-4-14(8-12)16(18,19)20/h2-8,21H,9-10H2,1H3. The smallest absolute Gasteiger partial charge is 0.309 e. The summed E-state index contributed by atoms with van der Waals surface area (Å²) in [5.74, 6) is 0. The molecule has 1 N–H and O–H groups in total. The van der Waals surface area contributed by atoms with Crippen LogP contribution in [0.5, 0.6) is 0 Å². The Bertz CT molecular complexity index is 623. The quantitative estimate of drug-likeness (QED) is 0.805. The molecule has 112 valence electrons. The van der Waals surface area contributed by atoms with Crippen molar-refractivity contribution in [1.29, 1.82) is 0 Å². The molecule has 0 aromatic heterocycles. The summed E-state index contributed by atoms with van der Waals surface area (Å²) in [7, 11) is 0. The third kappa shape index (κ3) is 4.58. The summed E-state index contributed by atoms with van der Waals surface area (Å²) in [5.41, 5.74) is 2.25. The summed E-state index contributed by atoms with van der Waals surface area (Å²) in [6.45, 7) is 3.02. The lowest BCUT2D eigenvalue weighted by atomic mass is 10.1. The van der Waals surface area contributed by atoms with Crippen molar-refractivity contribution in [3.63, 3.8) is 0 Å². The molecule has 5 heteroatoms. The summed E-state index contributed by atoms with van der Waals surface area (Å²) in [6, 6.07) is 11.4. The Kier molecular flexibility index (Phi) is 5.06. The maximum absolute atomic E-state index is 12.6. The van der Waals surface area contributed by atoms with Crippen LogP contribution >= 0.6 is 15.9 Å². The molecular weight excluding hydrogens is 343 g/mol. The van der Waals surface area contributed by atoms with Gasteiger partial charge in [0.1, 0.15) is 0 Å². The van der Waals surface area contributed by atoms with E-state index in [0.717, 1.165) is 21.7 Å². The minimum absolute atomic E-state index is 0.402. The minimum Gasteiger partial charge on any atom is -0.309 e. The van der Waals surface area contributed by atoms with Gasteiger partial charge in [-0.05, 0) is 35.7 Å². The fraction of sp³-hybridized carbons (Fsp3) is 0.250. The maximum Gasteiger partial charge on any atom is 0.416 e. The highest BCUT2D eigenvalue weighted by molar-refractivity contribution is 9.10. The number of hydrogen-bond acceptors (Lipinski definition) is 1. The van der Waals surface area contributed by atoms with Crippen LogP contribution < -0.4 is 5.32 Å². The molecule has 0 aliphatic rings. The van der Waals surface area contributed by atoms with Gasteiger partial charge >= 0.3 is 6.18 Å². The summed E-state index contributed by atoms with van der Waals surface area (Å²) in [5, 5.41) is 3.16. The van der Waals surface area contributed by atoms with E-state index in [9.17, 15) is 13.2 Å². The average molecular weight is 358 g/mol. The molecule has 0 unspecified atom stereocenters. The molecule has 0 bridgehead atoms. The molecule has 0 aliphatic carbocycles. The predicted octanol–water partition coefficient (Wildman–Crippen LogP) is 5.07. The van der Waals surface area contributed by atoms with E-state index in [-0.39, 0.29) is 0 Å². The van der Waals surface area contributed by atoms with E-state index in [1.165, 1.54) is 12.1 Å². The van der Waals surface area contributed by atoms with Crippen LogP contribution in [-0.4, -0.2) is 0 Å². The zero-order valence-corrected chi connectivity index (χ0v) is 13.1. The first kappa shape index (κ1) is 16.0. The molecule has 21 heavy (non-hydrogen) atoms. The van der Waals surface area contributed by atoms with E-state index in [1.54, 1.807) is 6.07 Å². The van der Waals surface area contributed by atoms with Crippen molar-refractivity contribution in [2.45, 2.75) is 26.2 Å². The molecule has 0 heterocycles. The SMILES string of the molecule is Cc1cc(CNCc2cccc(C(F)(F)F)c2)ccc1Br. The van der Waals surface area contributed by atoms with Gasteiger partial charge in [0.15, 0.2) is 0 Å². The molecule has 0 saturated heterocycles. The molecule has 0 spiro atoms. The minimum atomic E-state index is -4.29. The Morgan fingerprint density at radius 3 is 2.29 bits per heavy atom. The van der Waals surface area contributed by atoms with Gasteiger partial charge in [0.05, 0.1) is 5.56 Å². The average Bonchev–Trinajstić information content (AvgIpc) is 2.42. The van der Waals surface area contributed by atoms with E-state index in [4.69, 9.17) is 0 Å². The van der Waals surface area contributed by atoms with Gasteiger partial charge < -0.3 is 5.32 Å². The van der Waals surface area contributed by atoms with Gasteiger partial charge in [-0.25, -0.2) is 0 Å². The summed E-state index contributed by atoms with van der Waals surface area (Å²) in [6.07, 6.45) is -4.29. The van der Waals surface area contributed by atoms with Crippen LogP contribution in [0.2, 0.25) is 0 Å². The van der Waals surface area contributed by atoms with Crippen LogP contribution in [0.1, 0.15) is 22.3 Å². The van der Waals surface area contributed by atoms with Gasteiger partial charge in [0.2, 0.25) is 0 Å². The molecule has 0 fully saturated rings. The third-order valence-electron chi connectivity index (χ3n) is 3.13. The molecule has 0 amide bonds. The first-order valence-electron chi connectivity index (χ1n) is 6.48. The van der Waals surface area contributed by atoms with Gasteiger partial charge in [0, 0.05) is 17.6 Å². The lowest BCUT2D eigenvalue weighted by Crippen LogP contribution is -2.14. The molecule has 0 atom stereocenters. The molecule has 1 nitrogen and oxygen atoms in total. The van der Waals surface area contributed by atoms with Gasteiger partial charge in [-0.15, -0.1) is 0 Å². The molecule has 2 aromatic rings. The van der Waals surface area contributed by atoms with Crippen LogP contribution in [-0.2, 0) is 19.3 Å². The number of nitrogens with one attached hydrogen (secondary N) is 1. The van der Waals surface area contributed by atoms with E-state index < -0.39 is 11.7 Å². The Labute approximate surface area is 130 Å². The van der Waals surface area contributed by atoms with E-state index in [0.29, 0.717) is 18.7 Å². The number of rotatable bonds is 4. The second kappa shape index (κ2) is 6.62. The Morgan fingerprint density at radius 1 is 1.00 bits per heavy atom. The molecular formula is C16H15BrF3N. The number of hydrogen-bond donors (Lipinski definition) is 1. The molecule has 2 rings (SSSR count). The lowest BCUT2D eigenvalue weighted by Gasteiger charge is -2.10. The fourth-order valence-corrected chi connectivity index (χ4v) is 2.27. The van der Waals surface area contributed by atoms with E-state index >= 15 is 0 Å². The highest BCUT2D eigenvalue weighted by atomic mass is 79.9. The first-order chi connectivity index (χ1) is 9.86. The zero-order valence-electron chi connectivity index (χ0n) is 11.5. The van der Waals surface area contributed by atoms with Crippen molar-refractivity contribution in [1.82, 2.24) is 5.32 Å². The van der Waals surface area contributed by atoms with Crippen LogP contribution in [0.15, 0.2) is 46.9 Å². The predicted molar refractivity (Wildman–Crippen MR) is 80.9 cm³/mol. The van der Waals surface area contributed by atoms with Crippen molar-refractivity contribution in [2.75, 3.05) is 0 Å². The van der Waals surface area contributed by atoms with Gasteiger partial charge in [-0.1, -0.05) is 46.3 Å². The number of benzene rings is 2. The van der Waals surface area contributed by atoms with Crippen LogP contribution in [0.25, 0.3) is 0 Å². The van der Waals surface area contributed by atoms with Crippen molar-refractivity contribution < 1.29 is 13.2 Å². The zero-order chi connectivity index (χ0) is 15.5. The van der Waals surface area contributed by atoms with Crippen LogP contribution in [0.3, 0.4) is 0 Å². The number of alkyl halides is 3. The van der Waals surface area contributed by atoms with E-state index in [1.807, 2.05) is 25.1 Å². The molecule has 0 radical (unpaired) electrons. The van der Waals surface area contributed by atoms with Crippen molar-refractivity contribution >= 4 is 15.9 Å².